The molecule has 0 unspecified atom stereocenters. The Balaban J connectivity index is 3.44. The van der Waals surface area contributed by atoms with E-state index in [-0.39, 0.29) is 11.9 Å². The largest absolute Gasteiger partial charge is 0.435 e. The van der Waals surface area contributed by atoms with E-state index in [1.807, 2.05) is 12.2 Å². The highest BCUT2D eigenvalue weighted by Crippen LogP contribution is 2.10. The molecule has 0 saturated heterocycles. The second-order valence-electron chi connectivity index (χ2n) is 8.75. The van der Waals surface area contributed by atoms with Gasteiger partial charge >= 0.3 is 11.9 Å². The van der Waals surface area contributed by atoms with Gasteiger partial charge in [-0.05, 0) is 50.7 Å². The minimum Gasteiger partial charge on any atom is -0.435 e. The van der Waals surface area contributed by atoms with Gasteiger partial charge in [0.2, 0.25) is 0 Å². The summed E-state index contributed by atoms with van der Waals surface area (Å²) in [5.41, 5.74) is 0. The summed E-state index contributed by atoms with van der Waals surface area (Å²) in [6, 6.07) is 0. The molecule has 4 nitrogen and oxygen atoms in total. The summed E-state index contributed by atoms with van der Waals surface area (Å²) in [6.45, 7) is 4.47. The van der Waals surface area contributed by atoms with Gasteiger partial charge in [0, 0.05) is 12.8 Å². The summed E-state index contributed by atoms with van der Waals surface area (Å²) in [4.78, 5) is 23.4. The Labute approximate surface area is 198 Å². The zero-order chi connectivity index (χ0) is 23.5. The number of allylic oxidation sites excluding steroid dienone is 2. The van der Waals surface area contributed by atoms with Crippen molar-refractivity contribution in [2.24, 2.45) is 0 Å². The lowest BCUT2D eigenvalue weighted by Crippen LogP contribution is -2.02. The number of ether oxygens (including phenoxy) is 2. The molecule has 0 aromatic carbocycles. The molecule has 0 aromatic rings. The van der Waals surface area contributed by atoms with Gasteiger partial charge in [0.15, 0.2) is 0 Å². The maximum atomic E-state index is 11.7. The van der Waals surface area contributed by atoms with Gasteiger partial charge in [-0.15, -0.1) is 0 Å². The van der Waals surface area contributed by atoms with Crippen molar-refractivity contribution in [1.82, 2.24) is 0 Å². The fraction of sp³-hybridized carbons (Fsp3) is 0.786. The summed E-state index contributed by atoms with van der Waals surface area (Å²) >= 11 is 0. The summed E-state index contributed by atoms with van der Waals surface area (Å²) in [6.07, 6.45) is 28.7. The van der Waals surface area contributed by atoms with Crippen LogP contribution in [0.2, 0.25) is 0 Å². The van der Waals surface area contributed by atoms with Crippen LogP contribution in [0.1, 0.15) is 142 Å². The van der Waals surface area contributed by atoms with Crippen LogP contribution < -0.4 is 0 Å². The van der Waals surface area contributed by atoms with E-state index in [1.165, 1.54) is 89.6 Å². The standard InChI is InChI=1S/C28H50O4/c1-3-5-7-9-11-13-15-17-21-25-31-27(29)23-19-20-24-28(30)32-26-22-18-16-14-12-10-8-6-4-2/h21-22,25-26H,3-20,23-24H2,1-2H3/b25-21+,26-22+. The molecule has 186 valence electrons. The number of carbonyl (C=O) groups excluding carboxylic acids is 2. The van der Waals surface area contributed by atoms with Crippen molar-refractivity contribution in [2.75, 3.05) is 0 Å². The molecule has 0 spiro atoms. The van der Waals surface area contributed by atoms with Gasteiger partial charge in [-0.25, -0.2) is 0 Å². The molecule has 0 rings (SSSR count). The van der Waals surface area contributed by atoms with Crippen LogP contribution in [0.25, 0.3) is 0 Å². The molecule has 0 N–H and O–H groups in total. The smallest absolute Gasteiger partial charge is 0.310 e. The Hall–Kier alpha value is -1.58. The van der Waals surface area contributed by atoms with Gasteiger partial charge < -0.3 is 9.47 Å². The molecular formula is C28H50O4. The zero-order valence-corrected chi connectivity index (χ0v) is 21.1. The molecule has 4 heteroatoms. The van der Waals surface area contributed by atoms with Crippen molar-refractivity contribution in [1.29, 1.82) is 0 Å². The van der Waals surface area contributed by atoms with Crippen molar-refractivity contribution >= 4 is 11.9 Å². The van der Waals surface area contributed by atoms with E-state index in [4.69, 9.17) is 9.47 Å². The average Bonchev–Trinajstić information content (AvgIpc) is 2.79. The van der Waals surface area contributed by atoms with Crippen molar-refractivity contribution in [3.63, 3.8) is 0 Å². The lowest BCUT2D eigenvalue weighted by atomic mass is 10.1. The van der Waals surface area contributed by atoms with Gasteiger partial charge in [0.25, 0.3) is 0 Å². The third kappa shape index (κ3) is 24.7. The second kappa shape index (κ2) is 25.7. The molecule has 0 aliphatic carbocycles. The number of hydrogen-bond donors (Lipinski definition) is 0. The molecular weight excluding hydrogens is 400 g/mol. The van der Waals surface area contributed by atoms with Crippen LogP contribution in [0, 0.1) is 0 Å². The third-order valence-electron chi connectivity index (χ3n) is 5.55. The highest BCUT2D eigenvalue weighted by Gasteiger charge is 2.04. The first-order chi connectivity index (χ1) is 15.7. The third-order valence-corrected chi connectivity index (χ3v) is 5.55. The minimum absolute atomic E-state index is 0.233. The number of carbonyl (C=O) groups is 2. The molecule has 32 heavy (non-hydrogen) atoms. The number of rotatable bonds is 23. The molecule has 0 saturated carbocycles. The molecule has 0 aliphatic rings. The number of unbranched alkanes of at least 4 members (excludes halogenated alkanes) is 15. The van der Waals surface area contributed by atoms with E-state index in [9.17, 15) is 9.59 Å². The van der Waals surface area contributed by atoms with E-state index in [0.717, 1.165) is 25.7 Å². The average molecular weight is 451 g/mol. The highest BCUT2D eigenvalue weighted by atomic mass is 16.5. The topological polar surface area (TPSA) is 52.6 Å². The first-order valence-corrected chi connectivity index (χ1v) is 13.4. The molecule has 0 aromatic heterocycles. The molecule has 0 amide bonds. The van der Waals surface area contributed by atoms with Gasteiger partial charge in [0.05, 0.1) is 12.5 Å². The van der Waals surface area contributed by atoms with Crippen molar-refractivity contribution < 1.29 is 19.1 Å². The van der Waals surface area contributed by atoms with Crippen molar-refractivity contribution in [3.05, 3.63) is 24.7 Å². The Morgan fingerprint density at radius 1 is 0.500 bits per heavy atom. The van der Waals surface area contributed by atoms with E-state index < -0.39 is 0 Å². The molecule has 0 fully saturated rings. The normalized spacial score (nSPS) is 11.4. The van der Waals surface area contributed by atoms with Crippen LogP contribution in [-0.4, -0.2) is 11.9 Å². The fourth-order valence-corrected chi connectivity index (χ4v) is 3.48. The van der Waals surface area contributed by atoms with Gasteiger partial charge in [0.1, 0.15) is 0 Å². The summed E-state index contributed by atoms with van der Waals surface area (Å²) in [5, 5.41) is 0. The fourth-order valence-electron chi connectivity index (χ4n) is 3.48. The van der Waals surface area contributed by atoms with Crippen LogP contribution in [-0.2, 0) is 19.1 Å². The second-order valence-corrected chi connectivity index (χ2v) is 8.75. The van der Waals surface area contributed by atoms with Crippen LogP contribution in [0.4, 0.5) is 0 Å². The zero-order valence-electron chi connectivity index (χ0n) is 21.1. The lowest BCUT2D eigenvalue weighted by molar-refractivity contribution is -0.140. The van der Waals surface area contributed by atoms with Gasteiger partial charge in [-0.1, -0.05) is 90.9 Å². The van der Waals surface area contributed by atoms with Crippen molar-refractivity contribution in [3.8, 4) is 0 Å². The Bertz CT molecular complexity index is 438. The quantitative estimate of drug-likeness (QED) is 0.0885. The van der Waals surface area contributed by atoms with Crippen molar-refractivity contribution in [2.45, 2.75) is 142 Å². The predicted molar refractivity (Wildman–Crippen MR) is 134 cm³/mol. The summed E-state index contributed by atoms with van der Waals surface area (Å²) in [7, 11) is 0. The molecule has 0 bridgehead atoms. The van der Waals surface area contributed by atoms with E-state index >= 15 is 0 Å². The van der Waals surface area contributed by atoms with Crippen LogP contribution in [0.3, 0.4) is 0 Å². The maximum absolute atomic E-state index is 11.7. The Morgan fingerprint density at radius 3 is 1.22 bits per heavy atom. The predicted octanol–water partition coefficient (Wildman–Crippen LogP) is 8.94. The van der Waals surface area contributed by atoms with Crippen LogP contribution in [0.5, 0.6) is 0 Å². The van der Waals surface area contributed by atoms with Crippen LogP contribution in [0.15, 0.2) is 24.7 Å². The molecule has 0 atom stereocenters. The van der Waals surface area contributed by atoms with Gasteiger partial charge in [-0.3, -0.25) is 9.59 Å². The van der Waals surface area contributed by atoms with E-state index in [2.05, 4.69) is 13.8 Å². The SMILES string of the molecule is CCCCCCCCC/C=C/OC(=O)CCCCC(=O)O/C=C/CCCCCCCCC. The molecule has 0 heterocycles. The monoisotopic (exact) mass is 450 g/mol. The Morgan fingerprint density at radius 2 is 0.844 bits per heavy atom. The Kier molecular flexibility index (Phi) is 24.4. The van der Waals surface area contributed by atoms with E-state index in [1.54, 1.807) is 0 Å². The van der Waals surface area contributed by atoms with Crippen LogP contribution >= 0.6 is 0 Å². The number of esters is 2. The minimum atomic E-state index is -0.233. The maximum Gasteiger partial charge on any atom is 0.310 e. The summed E-state index contributed by atoms with van der Waals surface area (Å²) in [5.74, 6) is -0.465. The first kappa shape index (κ1) is 30.4. The summed E-state index contributed by atoms with van der Waals surface area (Å²) < 4.78 is 10.2. The first-order valence-electron chi connectivity index (χ1n) is 13.4. The molecule has 0 radical (unpaired) electrons. The number of hydrogen-bond acceptors (Lipinski definition) is 4. The molecule has 0 aliphatic heterocycles. The lowest BCUT2D eigenvalue weighted by Gasteiger charge is -2.01. The van der Waals surface area contributed by atoms with Gasteiger partial charge in [-0.2, -0.15) is 0 Å². The highest BCUT2D eigenvalue weighted by molar-refractivity contribution is 5.71. The van der Waals surface area contributed by atoms with E-state index in [0.29, 0.717) is 25.7 Å².